The quantitative estimate of drug-likeness (QED) is 0.325. The minimum atomic E-state index is -3.87. The molecule has 170 valence electrons. The van der Waals surface area contributed by atoms with Crippen LogP contribution in [0.15, 0.2) is 61.7 Å². The molecule has 0 aliphatic carbocycles. The Bertz CT molecular complexity index is 1460. The van der Waals surface area contributed by atoms with Gasteiger partial charge in [0.25, 0.3) is 0 Å². The first-order valence-electron chi connectivity index (χ1n) is 9.46. The van der Waals surface area contributed by atoms with Crippen molar-refractivity contribution in [2.24, 2.45) is 11.1 Å². The molecule has 13 heteroatoms. The number of fused-ring (bicyclic) bond motifs is 5. The second kappa shape index (κ2) is 8.09. The number of carbonyl (C=O) groups excluding carboxylic acids is 2. The Labute approximate surface area is 203 Å². The van der Waals surface area contributed by atoms with E-state index in [1.54, 1.807) is 12.1 Å². The second-order valence-electron chi connectivity index (χ2n) is 7.41. The molecule has 3 heterocycles. The third-order valence-corrected chi connectivity index (χ3v) is 9.19. The Morgan fingerprint density at radius 3 is 2.58 bits per heavy atom. The van der Waals surface area contributed by atoms with Gasteiger partial charge in [0.15, 0.2) is 0 Å². The Morgan fingerprint density at radius 2 is 1.88 bits per heavy atom. The molecule has 0 saturated heterocycles. The summed E-state index contributed by atoms with van der Waals surface area (Å²) in [7, 11) is -3.87. The first-order chi connectivity index (χ1) is 15.6. The molecule has 3 aromatic rings. The van der Waals surface area contributed by atoms with Gasteiger partial charge in [-0.2, -0.15) is 0 Å². The number of aromatic amines is 1. The number of amides is 1. The lowest BCUT2D eigenvalue weighted by molar-refractivity contribution is -0.142. The molecule has 9 nitrogen and oxygen atoms in total. The maximum Gasteiger partial charge on any atom is 0.317 e. The van der Waals surface area contributed by atoms with E-state index in [4.69, 9.17) is 9.88 Å². The van der Waals surface area contributed by atoms with Gasteiger partial charge in [0.1, 0.15) is 11.0 Å². The SMILES string of the molecule is NS(=O)(=O)c1ccc(NC(=O)[C@H]2Sc3[nH]c(=O)sc3[C@@H]3c4cc(Br)ccc4OC(=O)[C@H]32)cc1. The lowest BCUT2D eigenvalue weighted by atomic mass is 9.80. The number of esters is 1. The van der Waals surface area contributed by atoms with Crippen molar-refractivity contribution in [3.63, 3.8) is 0 Å². The number of H-pyrrole nitrogens is 1. The molecule has 2 aliphatic rings. The largest absolute Gasteiger partial charge is 0.426 e. The fourth-order valence-corrected chi connectivity index (χ4v) is 7.30. The zero-order valence-electron chi connectivity index (χ0n) is 16.4. The first-order valence-corrected chi connectivity index (χ1v) is 13.5. The van der Waals surface area contributed by atoms with Crippen molar-refractivity contribution in [3.8, 4) is 5.75 Å². The van der Waals surface area contributed by atoms with E-state index in [1.807, 2.05) is 6.07 Å². The molecule has 3 atom stereocenters. The summed E-state index contributed by atoms with van der Waals surface area (Å²) in [6.45, 7) is 0. The summed E-state index contributed by atoms with van der Waals surface area (Å²) in [5.41, 5.74) is 1.04. The topological polar surface area (TPSA) is 148 Å². The van der Waals surface area contributed by atoms with Crippen LogP contribution < -0.4 is 20.1 Å². The number of carbonyl (C=O) groups is 2. The first kappa shape index (κ1) is 22.3. The van der Waals surface area contributed by atoms with Gasteiger partial charge in [0.2, 0.25) is 15.9 Å². The smallest absolute Gasteiger partial charge is 0.317 e. The summed E-state index contributed by atoms with van der Waals surface area (Å²) in [5, 5.41) is 7.47. The lowest BCUT2D eigenvalue weighted by Crippen LogP contribution is -2.46. The lowest BCUT2D eigenvalue weighted by Gasteiger charge is -2.38. The van der Waals surface area contributed by atoms with Crippen LogP contribution >= 0.6 is 39.0 Å². The number of primary sulfonamides is 1. The van der Waals surface area contributed by atoms with Gasteiger partial charge < -0.3 is 15.0 Å². The molecule has 2 aliphatic heterocycles. The van der Waals surface area contributed by atoms with Crippen LogP contribution in [0, 0.1) is 5.92 Å². The number of benzene rings is 2. The predicted molar refractivity (Wildman–Crippen MR) is 126 cm³/mol. The molecule has 0 spiro atoms. The van der Waals surface area contributed by atoms with Crippen LogP contribution in [0.5, 0.6) is 5.75 Å². The molecule has 4 N–H and O–H groups in total. The van der Waals surface area contributed by atoms with Gasteiger partial charge in [0, 0.05) is 26.5 Å². The maximum atomic E-state index is 13.3. The van der Waals surface area contributed by atoms with E-state index in [0.29, 0.717) is 26.9 Å². The number of rotatable bonds is 3. The number of anilines is 1. The van der Waals surface area contributed by atoms with Crippen molar-refractivity contribution < 1.29 is 22.7 Å². The monoisotopic (exact) mass is 567 g/mol. The summed E-state index contributed by atoms with van der Waals surface area (Å²) in [4.78, 5) is 41.5. The van der Waals surface area contributed by atoms with Crippen LogP contribution in [0.4, 0.5) is 5.69 Å². The maximum absolute atomic E-state index is 13.3. The van der Waals surface area contributed by atoms with Gasteiger partial charge in [-0.15, -0.1) is 0 Å². The molecular formula is C20H14BrN3O6S3. The van der Waals surface area contributed by atoms with E-state index in [9.17, 15) is 22.8 Å². The summed E-state index contributed by atoms with van der Waals surface area (Å²) in [6, 6.07) is 10.6. The van der Waals surface area contributed by atoms with E-state index in [1.165, 1.54) is 24.3 Å². The highest BCUT2D eigenvalue weighted by Gasteiger charge is 2.51. The Hall–Kier alpha value is -2.45. The number of thiazole rings is 1. The molecule has 1 amide bonds. The molecule has 2 aromatic carbocycles. The van der Waals surface area contributed by atoms with Gasteiger partial charge in [0.05, 0.1) is 15.8 Å². The summed E-state index contributed by atoms with van der Waals surface area (Å²) < 4.78 is 29.2. The zero-order chi connectivity index (χ0) is 23.5. The fraction of sp³-hybridized carbons (Fsp3) is 0.150. The van der Waals surface area contributed by atoms with E-state index < -0.39 is 39.0 Å². The molecule has 0 unspecified atom stereocenters. The standard InChI is InChI=1S/C20H14BrN3O6S3/c21-8-1-6-12-11(7-8)13-14(19(26)30-12)15(31-18-16(13)32-20(27)24-18)17(25)23-9-2-4-10(5-3-9)33(22,28)29/h1-7,13-15H,(H,23,25)(H,24,27)(H2,22,28,29)/t13-,14-,15+/m1/s1. The van der Waals surface area contributed by atoms with Gasteiger partial charge >= 0.3 is 10.8 Å². The Morgan fingerprint density at radius 1 is 1.15 bits per heavy atom. The molecule has 0 radical (unpaired) electrons. The molecule has 0 saturated carbocycles. The minimum absolute atomic E-state index is 0.0915. The van der Waals surface area contributed by atoms with E-state index in [2.05, 4.69) is 26.2 Å². The fourth-order valence-electron chi connectivity index (χ4n) is 3.94. The van der Waals surface area contributed by atoms with Crippen LogP contribution in [0.25, 0.3) is 0 Å². The Kier molecular flexibility index (Phi) is 5.48. The zero-order valence-corrected chi connectivity index (χ0v) is 20.4. The van der Waals surface area contributed by atoms with Crippen molar-refractivity contribution in [2.75, 3.05) is 5.32 Å². The summed E-state index contributed by atoms with van der Waals surface area (Å²) in [6.07, 6.45) is 0. The second-order valence-corrected chi connectivity index (χ2v) is 12.1. The third kappa shape index (κ3) is 4.04. The third-order valence-electron chi connectivity index (χ3n) is 5.35. The number of nitrogens with two attached hydrogens (primary N) is 1. The number of thioether (sulfide) groups is 1. The average molecular weight is 568 g/mol. The molecule has 5 rings (SSSR count). The van der Waals surface area contributed by atoms with Crippen molar-refractivity contribution in [1.82, 2.24) is 4.98 Å². The van der Waals surface area contributed by atoms with Crippen LogP contribution in [0.1, 0.15) is 16.4 Å². The Balaban J connectivity index is 1.53. The van der Waals surface area contributed by atoms with Gasteiger partial charge in [-0.25, -0.2) is 13.6 Å². The van der Waals surface area contributed by atoms with E-state index in [0.717, 1.165) is 27.6 Å². The highest BCUT2D eigenvalue weighted by Crippen LogP contribution is 2.54. The van der Waals surface area contributed by atoms with Crippen LogP contribution in [-0.4, -0.2) is 30.5 Å². The van der Waals surface area contributed by atoms with Crippen LogP contribution in [-0.2, 0) is 19.6 Å². The average Bonchev–Trinajstić information content (AvgIpc) is 3.13. The molecular weight excluding hydrogens is 554 g/mol. The van der Waals surface area contributed by atoms with Gasteiger partial charge in [-0.1, -0.05) is 39.0 Å². The normalized spacial score (nSPS) is 21.4. The molecule has 33 heavy (non-hydrogen) atoms. The van der Waals surface area contributed by atoms with E-state index >= 15 is 0 Å². The minimum Gasteiger partial charge on any atom is -0.426 e. The highest BCUT2D eigenvalue weighted by atomic mass is 79.9. The number of aromatic nitrogens is 1. The van der Waals surface area contributed by atoms with Crippen molar-refractivity contribution in [2.45, 2.75) is 21.1 Å². The highest BCUT2D eigenvalue weighted by molar-refractivity contribution is 9.10. The number of sulfonamides is 1. The number of hydrogen-bond acceptors (Lipinski definition) is 8. The van der Waals surface area contributed by atoms with Gasteiger partial charge in [-0.3, -0.25) is 14.4 Å². The van der Waals surface area contributed by atoms with Crippen LogP contribution in [0.2, 0.25) is 0 Å². The number of hydrogen-bond donors (Lipinski definition) is 3. The summed E-state index contributed by atoms with van der Waals surface area (Å²) in [5.74, 6) is -2.04. The molecule has 1 aromatic heterocycles. The number of halogens is 1. The van der Waals surface area contributed by atoms with E-state index in [-0.39, 0.29) is 9.77 Å². The van der Waals surface area contributed by atoms with Crippen molar-refractivity contribution in [1.29, 1.82) is 0 Å². The molecule has 0 fully saturated rings. The van der Waals surface area contributed by atoms with Crippen LogP contribution in [0.3, 0.4) is 0 Å². The molecule has 0 bridgehead atoms. The van der Waals surface area contributed by atoms with Crippen molar-refractivity contribution in [3.05, 3.63) is 67.0 Å². The van der Waals surface area contributed by atoms with Gasteiger partial charge in [-0.05, 0) is 42.5 Å². The number of ether oxygens (including phenoxy) is 1. The predicted octanol–water partition coefficient (Wildman–Crippen LogP) is 2.63. The summed E-state index contributed by atoms with van der Waals surface area (Å²) >= 11 is 5.54. The van der Waals surface area contributed by atoms with Crippen molar-refractivity contribution >= 4 is 66.6 Å². The number of nitrogens with one attached hydrogen (secondary N) is 2.